The number of hydrogen-bond donors (Lipinski definition) is 2. The van der Waals surface area contributed by atoms with Crippen molar-refractivity contribution in [2.75, 3.05) is 60.6 Å². The molecule has 1 rings (SSSR count). The Bertz CT molecular complexity index is 524. The van der Waals surface area contributed by atoms with Crippen LogP contribution < -0.4 is 15.4 Å². The van der Waals surface area contributed by atoms with E-state index in [1.165, 1.54) is 5.56 Å². The molecule has 162 valence electrons. The summed E-state index contributed by atoms with van der Waals surface area (Å²) in [5.74, 6) is 2.32. The number of ether oxygens (including phenoxy) is 2. The average molecular weight is 506 g/mol. The molecule has 0 amide bonds. The Labute approximate surface area is 188 Å². The number of methoxy groups -OCH3 is 1. The molecule has 7 heteroatoms. The first kappa shape index (κ1) is 26.9. The molecule has 0 aliphatic rings. The molecular formula is C21H39IN4O2. The standard InChI is InChI=1S/C21H38N4O2.HI/c1-18(2)17-27-20-9-7-19(8-10-20)11-12-23-21(22-3)24-13-15-25(4)14-6-16-26-5;/h7-10,18H,6,11-17H2,1-5H3,(H2,22,23,24);1H. The lowest BCUT2D eigenvalue weighted by molar-refractivity contribution is 0.180. The lowest BCUT2D eigenvalue weighted by atomic mass is 10.1. The maximum absolute atomic E-state index is 5.72. The molecule has 6 nitrogen and oxygen atoms in total. The van der Waals surface area contributed by atoms with E-state index >= 15 is 0 Å². The fourth-order valence-corrected chi connectivity index (χ4v) is 2.52. The van der Waals surface area contributed by atoms with Crippen molar-refractivity contribution in [3.05, 3.63) is 29.8 Å². The molecule has 0 atom stereocenters. The van der Waals surface area contributed by atoms with Crippen LogP contribution >= 0.6 is 24.0 Å². The Morgan fingerprint density at radius 3 is 2.39 bits per heavy atom. The predicted molar refractivity (Wildman–Crippen MR) is 129 cm³/mol. The number of aliphatic imine (C=N–C) groups is 1. The number of nitrogens with one attached hydrogen (secondary N) is 2. The van der Waals surface area contributed by atoms with Crippen molar-refractivity contribution >= 4 is 29.9 Å². The largest absolute Gasteiger partial charge is 0.493 e. The number of halogens is 1. The Hall–Kier alpha value is -1.06. The minimum atomic E-state index is 0. The number of nitrogens with zero attached hydrogens (tertiary/aromatic N) is 2. The quantitative estimate of drug-likeness (QED) is 0.187. The first-order valence-corrected chi connectivity index (χ1v) is 9.89. The summed E-state index contributed by atoms with van der Waals surface area (Å²) < 4.78 is 10.8. The van der Waals surface area contributed by atoms with Crippen molar-refractivity contribution < 1.29 is 9.47 Å². The molecule has 1 aromatic rings. The van der Waals surface area contributed by atoms with E-state index in [2.05, 4.69) is 53.6 Å². The van der Waals surface area contributed by atoms with Crippen molar-refractivity contribution in [3.63, 3.8) is 0 Å². The van der Waals surface area contributed by atoms with Gasteiger partial charge in [-0.2, -0.15) is 0 Å². The van der Waals surface area contributed by atoms with Gasteiger partial charge in [0.25, 0.3) is 0 Å². The summed E-state index contributed by atoms with van der Waals surface area (Å²) in [6.07, 6.45) is 2.00. The van der Waals surface area contributed by atoms with Crippen LogP contribution in [0, 0.1) is 5.92 Å². The van der Waals surface area contributed by atoms with E-state index in [0.29, 0.717) is 5.92 Å². The van der Waals surface area contributed by atoms with Gasteiger partial charge in [0.05, 0.1) is 6.61 Å². The normalized spacial score (nSPS) is 11.5. The number of hydrogen-bond acceptors (Lipinski definition) is 4. The van der Waals surface area contributed by atoms with Gasteiger partial charge in [-0.15, -0.1) is 24.0 Å². The van der Waals surface area contributed by atoms with E-state index < -0.39 is 0 Å². The van der Waals surface area contributed by atoms with Crippen molar-refractivity contribution in [2.24, 2.45) is 10.9 Å². The first-order chi connectivity index (χ1) is 13.0. The third-order valence-corrected chi connectivity index (χ3v) is 4.11. The van der Waals surface area contributed by atoms with Gasteiger partial charge >= 0.3 is 0 Å². The zero-order valence-corrected chi connectivity index (χ0v) is 20.5. The molecule has 0 fully saturated rings. The Morgan fingerprint density at radius 2 is 1.79 bits per heavy atom. The van der Waals surface area contributed by atoms with Crippen LogP contribution in [0.4, 0.5) is 0 Å². The number of likely N-dealkylation sites (N-methyl/N-ethyl adjacent to an activating group) is 1. The lowest BCUT2D eigenvalue weighted by Crippen LogP contribution is -2.41. The summed E-state index contributed by atoms with van der Waals surface area (Å²) in [5, 5.41) is 6.73. The zero-order chi connectivity index (χ0) is 19.9. The third-order valence-electron chi connectivity index (χ3n) is 4.11. The van der Waals surface area contributed by atoms with Gasteiger partial charge in [-0.05, 0) is 43.5 Å². The second kappa shape index (κ2) is 16.9. The van der Waals surface area contributed by atoms with Gasteiger partial charge in [0, 0.05) is 46.9 Å². The van der Waals surface area contributed by atoms with Crippen LogP contribution in [-0.4, -0.2) is 71.5 Å². The van der Waals surface area contributed by atoms with Gasteiger partial charge in [-0.25, -0.2) is 0 Å². The molecule has 1 aromatic carbocycles. The van der Waals surface area contributed by atoms with Crippen molar-refractivity contribution in [1.82, 2.24) is 15.5 Å². The topological polar surface area (TPSA) is 58.1 Å². The SMILES string of the molecule is CN=C(NCCc1ccc(OCC(C)C)cc1)NCCN(C)CCCOC.I. The fraction of sp³-hybridized carbons (Fsp3) is 0.667. The van der Waals surface area contributed by atoms with E-state index in [9.17, 15) is 0 Å². The third kappa shape index (κ3) is 13.2. The first-order valence-electron chi connectivity index (χ1n) is 9.89. The highest BCUT2D eigenvalue weighted by atomic mass is 127. The molecule has 0 unspecified atom stereocenters. The summed E-state index contributed by atoms with van der Waals surface area (Å²) >= 11 is 0. The molecule has 0 saturated heterocycles. The molecule has 0 spiro atoms. The molecule has 0 aliphatic carbocycles. The monoisotopic (exact) mass is 506 g/mol. The second-order valence-electron chi connectivity index (χ2n) is 7.17. The summed E-state index contributed by atoms with van der Waals surface area (Å²) in [6, 6.07) is 8.35. The van der Waals surface area contributed by atoms with Crippen molar-refractivity contribution in [1.29, 1.82) is 0 Å². The molecule has 0 aliphatic heterocycles. The van der Waals surface area contributed by atoms with Gasteiger partial charge in [-0.3, -0.25) is 4.99 Å². The summed E-state index contributed by atoms with van der Waals surface area (Å²) in [7, 11) is 5.67. The summed E-state index contributed by atoms with van der Waals surface area (Å²) in [6.45, 7) is 9.60. The second-order valence-corrected chi connectivity index (χ2v) is 7.17. The lowest BCUT2D eigenvalue weighted by Gasteiger charge is -2.18. The van der Waals surface area contributed by atoms with Crippen LogP contribution in [0.5, 0.6) is 5.75 Å². The van der Waals surface area contributed by atoms with Gasteiger partial charge in [0.1, 0.15) is 5.75 Å². The van der Waals surface area contributed by atoms with Crippen LogP contribution in [0.2, 0.25) is 0 Å². The van der Waals surface area contributed by atoms with Gasteiger partial charge in [0.15, 0.2) is 5.96 Å². The molecule has 0 aromatic heterocycles. The zero-order valence-electron chi connectivity index (χ0n) is 18.2. The molecular weight excluding hydrogens is 467 g/mol. The Morgan fingerprint density at radius 1 is 1.11 bits per heavy atom. The van der Waals surface area contributed by atoms with E-state index in [-0.39, 0.29) is 24.0 Å². The van der Waals surface area contributed by atoms with E-state index in [4.69, 9.17) is 9.47 Å². The van der Waals surface area contributed by atoms with Crippen LogP contribution in [0.25, 0.3) is 0 Å². The van der Waals surface area contributed by atoms with E-state index in [1.807, 2.05) is 12.1 Å². The smallest absolute Gasteiger partial charge is 0.191 e. The maximum Gasteiger partial charge on any atom is 0.191 e. The van der Waals surface area contributed by atoms with E-state index in [0.717, 1.165) is 63.9 Å². The van der Waals surface area contributed by atoms with Crippen LogP contribution in [0.1, 0.15) is 25.8 Å². The van der Waals surface area contributed by atoms with Gasteiger partial charge < -0.3 is 25.0 Å². The molecule has 0 heterocycles. The molecule has 0 bridgehead atoms. The molecule has 0 saturated carbocycles. The average Bonchev–Trinajstić information content (AvgIpc) is 2.66. The van der Waals surface area contributed by atoms with Crippen molar-refractivity contribution in [2.45, 2.75) is 26.7 Å². The highest BCUT2D eigenvalue weighted by Gasteiger charge is 2.02. The molecule has 0 radical (unpaired) electrons. The van der Waals surface area contributed by atoms with Crippen molar-refractivity contribution in [3.8, 4) is 5.75 Å². The minimum Gasteiger partial charge on any atom is -0.493 e. The van der Waals surface area contributed by atoms with Crippen LogP contribution in [-0.2, 0) is 11.2 Å². The fourth-order valence-electron chi connectivity index (χ4n) is 2.52. The Kier molecular flexibility index (Phi) is 16.2. The highest BCUT2D eigenvalue weighted by molar-refractivity contribution is 14.0. The van der Waals surface area contributed by atoms with Gasteiger partial charge in [0.2, 0.25) is 0 Å². The number of rotatable bonds is 13. The Balaban J connectivity index is 0.00000729. The highest BCUT2D eigenvalue weighted by Crippen LogP contribution is 2.13. The molecule has 2 N–H and O–H groups in total. The molecule has 28 heavy (non-hydrogen) atoms. The van der Waals surface area contributed by atoms with E-state index in [1.54, 1.807) is 14.2 Å². The predicted octanol–water partition coefficient (Wildman–Crippen LogP) is 3.02. The minimum absolute atomic E-state index is 0. The van der Waals surface area contributed by atoms with Gasteiger partial charge in [-0.1, -0.05) is 26.0 Å². The van der Waals surface area contributed by atoms with Crippen LogP contribution in [0.15, 0.2) is 29.3 Å². The number of guanidine groups is 1. The van der Waals surface area contributed by atoms with Crippen LogP contribution in [0.3, 0.4) is 0 Å². The summed E-state index contributed by atoms with van der Waals surface area (Å²) in [4.78, 5) is 6.58. The number of benzene rings is 1. The summed E-state index contributed by atoms with van der Waals surface area (Å²) in [5.41, 5.74) is 1.28. The maximum atomic E-state index is 5.72.